The Labute approximate surface area is 154 Å². The number of hydrogen-bond acceptors (Lipinski definition) is 3. The number of anilines is 2. The van der Waals surface area contributed by atoms with E-state index in [1.54, 1.807) is 0 Å². The molecule has 0 spiro atoms. The summed E-state index contributed by atoms with van der Waals surface area (Å²) in [6.07, 6.45) is -2.68. The molecule has 1 aromatic rings. The molecule has 0 aromatic heterocycles. The van der Waals surface area contributed by atoms with Crippen LogP contribution in [-0.4, -0.2) is 24.7 Å². The first-order valence-electron chi connectivity index (χ1n) is 9.47. The van der Waals surface area contributed by atoms with Crippen molar-refractivity contribution in [3.63, 3.8) is 0 Å². The molecule has 3 nitrogen and oxygen atoms in total. The second-order valence-electron chi connectivity index (χ2n) is 8.84. The first-order chi connectivity index (χ1) is 12.0. The van der Waals surface area contributed by atoms with Crippen LogP contribution in [0.3, 0.4) is 0 Å². The summed E-state index contributed by atoms with van der Waals surface area (Å²) in [7, 11) is 0. The van der Waals surface area contributed by atoms with Crippen molar-refractivity contribution >= 4 is 11.4 Å². The van der Waals surface area contributed by atoms with E-state index in [-0.39, 0.29) is 22.7 Å². The highest BCUT2D eigenvalue weighted by Crippen LogP contribution is 2.54. The number of fused-ring (bicyclic) bond motifs is 3. The molecule has 2 aliphatic rings. The minimum absolute atomic E-state index is 0.118. The van der Waals surface area contributed by atoms with Gasteiger partial charge >= 0.3 is 6.18 Å². The number of nitrogens with one attached hydrogen (secondary N) is 3. The van der Waals surface area contributed by atoms with Crippen LogP contribution < -0.4 is 16.0 Å². The van der Waals surface area contributed by atoms with Gasteiger partial charge in [0.25, 0.3) is 0 Å². The van der Waals surface area contributed by atoms with Gasteiger partial charge in [-0.3, -0.25) is 0 Å². The average Bonchev–Trinajstić information content (AvgIpc) is 2.72. The van der Waals surface area contributed by atoms with E-state index in [1.807, 2.05) is 19.9 Å². The fraction of sp³-hybridized carbons (Fsp3) is 0.700. The summed E-state index contributed by atoms with van der Waals surface area (Å²) in [5.74, 6) is 0.485. The maximum Gasteiger partial charge on any atom is 0.418 e. The zero-order valence-electron chi connectivity index (χ0n) is 16.3. The molecule has 2 heterocycles. The summed E-state index contributed by atoms with van der Waals surface area (Å²) in [5, 5.41) is 9.91. The second kappa shape index (κ2) is 6.32. The summed E-state index contributed by atoms with van der Waals surface area (Å²) in [6.45, 7) is 11.9. The molecule has 0 aliphatic carbocycles. The lowest BCUT2D eigenvalue weighted by Crippen LogP contribution is -2.58. The fourth-order valence-corrected chi connectivity index (χ4v) is 4.59. The predicted octanol–water partition coefficient (Wildman–Crippen LogP) is 4.99. The van der Waals surface area contributed by atoms with Gasteiger partial charge < -0.3 is 16.0 Å². The number of benzene rings is 1. The number of halogens is 3. The maximum atomic E-state index is 13.8. The fourth-order valence-electron chi connectivity index (χ4n) is 4.59. The first-order valence-corrected chi connectivity index (χ1v) is 9.47. The average molecular weight is 369 g/mol. The van der Waals surface area contributed by atoms with E-state index < -0.39 is 11.7 Å². The van der Waals surface area contributed by atoms with Crippen molar-refractivity contribution in [1.82, 2.24) is 5.32 Å². The van der Waals surface area contributed by atoms with Crippen LogP contribution in [0, 0.1) is 5.92 Å². The molecule has 3 N–H and O–H groups in total. The van der Waals surface area contributed by atoms with Crippen LogP contribution in [0.2, 0.25) is 0 Å². The van der Waals surface area contributed by atoms with E-state index in [2.05, 4.69) is 36.7 Å². The highest BCUT2D eigenvalue weighted by molar-refractivity contribution is 5.74. The Hall–Kier alpha value is -1.43. The number of piperidine rings is 1. The molecule has 0 amide bonds. The summed E-state index contributed by atoms with van der Waals surface area (Å²) in [5.41, 5.74) is 0.269. The zero-order valence-corrected chi connectivity index (χ0v) is 16.3. The zero-order chi connectivity index (χ0) is 19.3. The number of alkyl halides is 3. The summed E-state index contributed by atoms with van der Waals surface area (Å²) in [6, 6.07) is 3.31. The molecular weight excluding hydrogens is 339 g/mol. The summed E-state index contributed by atoms with van der Waals surface area (Å²) >= 11 is 0. The molecule has 3 atom stereocenters. The Bertz CT molecular complexity index is 686. The summed E-state index contributed by atoms with van der Waals surface area (Å²) in [4.78, 5) is 0. The van der Waals surface area contributed by atoms with Crippen molar-refractivity contribution in [2.24, 2.45) is 5.92 Å². The molecule has 1 fully saturated rings. The van der Waals surface area contributed by atoms with Crippen molar-refractivity contribution in [3.05, 3.63) is 23.3 Å². The second-order valence-corrected chi connectivity index (χ2v) is 8.84. The molecule has 0 radical (unpaired) electrons. The van der Waals surface area contributed by atoms with Gasteiger partial charge in [-0.15, -0.1) is 0 Å². The number of rotatable bonds is 4. The van der Waals surface area contributed by atoms with E-state index in [4.69, 9.17) is 0 Å². The Morgan fingerprint density at radius 1 is 1.19 bits per heavy atom. The lowest BCUT2D eigenvalue weighted by Gasteiger charge is -2.45. The highest BCUT2D eigenvalue weighted by Gasteiger charge is 2.55. The van der Waals surface area contributed by atoms with Gasteiger partial charge in [-0.1, -0.05) is 20.8 Å². The van der Waals surface area contributed by atoms with Crippen LogP contribution in [0.25, 0.3) is 0 Å². The molecule has 1 saturated heterocycles. The largest absolute Gasteiger partial charge is 0.418 e. The quantitative estimate of drug-likeness (QED) is 0.700. The van der Waals surface area contributed by atoms with E-state index in [9.17, 15) is 13.2 Å². The molecule has 1 unspecified atom stereocenters. The van der Waals surface area contributed by atoms with Gasteiger partial charge in [-0.05, 0) is 56.8 Å². The standard InChI is InChI=1S/C20H30F3N3/c1-12(2)8-13(3)25-14-9-15-17(16(10-14)20(21,22)23)26-19(5)6-7-24-11-18(15,19)4/h9-10,12-13,24-26H,6-8,11H2,1-5H3/t13?,18-,19-/m0/s1. The summed E-state index contributed by atoms with van der Waals surface area (Å²) < 4.78 is 41.4. The topological polar surface area (TPSA) is 36.1 Å². The van der Waals surface area contributed by atoms with Crippen LogP contribution in [-0.2, 0) is 11.6 Å². The first kappa shape index (κ1) is 19.3. The molecular formula is C20H30F3N3. The Kier molecular flexibility index (Phi) is 4.70. The smallest absolute Gasteiger partial charge is 0.383 e. The van der Waals surface area contributed by atoms with Crippen LogP contribution in [0.4, 0.5) is 24.5 Å². The monoisotopic (exact) mass is 369 g/mol. The molecule has 1 aromatic carbocycles. The van der Waals surface area contributed by atoms with E-state index in [1.165, 1.54) is 6.07 Å². The van der Waals surface area contributed by atoms with Gasteiger partial charge in [0, 0.05) is 29.2 Å². The van der Waals surface area contributed by atoms with Crippen molar-refractivity contribution in [2.45, 2.75) is 70.6 Å². The van der Waals surface area contributed by atoms with Crippen molar-refractivity contribution in [2.75, 3.05) is 23.7 Å². The molecule has 3 rings (SSSR count). The van der Waals surface area contributed by atoms with Crippen molar-refractivity contribution < 1.29 is 13.2 Å². The lowest BCUT2D eigenvalue weighted by atomic mass is 9.66. The Morgan fingerprint density at radius 2 is 1.88 bits per heavy atom. The third-order valence-electron chi connectivity index (χ3n) is 6.18. The number of hydrogen-bond donors (Lipinski definition) is 3. The van der Waals surface area contributed by atoms with E-state index in [0.29, 0.717) is 18.2 Å². The van der Waals surface area contributed by atoms with E-state index >= 15 is 0 Å². The van der Waals surface area contributed by atoms with Gasteiger partial charge in [-0.25, -0.2) is 0 Å². The Morgan fingerprint density at radius 3 is 2.50 bits per heavy atom. The third-order valence-corrected chi connectivity index (χ3v) is 6.18. The van der Waals surface area contributed by atoms with Gasteiger partial charge in [0.05, 0.1) is 11.3 Å². The predicted molar refractivity (Wildman–Crippen MR) is 101 cm³/mol. The molecule has 0 bridgehead atoms. The SMILES string of the molecule is CC(C)CC(C)Nc1cc(C(F)(F)F)c2c(c1)[C@]1(C)CNCC[C@]1(C)N2. The van der Waals surface area contributed by atoms with Crippen LogP contribution >= 0.6 is 0 Å². The van der Waals surface area contributed by atoms with Gasteiger partial charge in [-0.2, -0.15) is 13.2 Å². The molecule has 26 heavy (non-hydrogen) atoms. The van der Waals surface area contributed by atoms with Gasteiger partial charge in [0.15, 0.2) is 0 Å². The van der Waals surface area contributed by atoms with Crippen LogP contribution in [0.5, 0.6) is 0 Å². The van der Waals surface area contributed by atoms with Crippen molar-refractivity contribution in [3.8, 4) is 0 Å². The Balaban J connectivity index is 2.07. The molecule has 146 valence electrons. The van der Waals surface area contributed by atoms with Gasteiger partial charge in [0.1, 0.15) is 0 Å². The van der Waals surface area contributed by atoms with Gasteiger partial charge in [0.2, 0.25) is 0 Å². The molecule has 2 aliphatic heterocycles. The minimum Gasteiger partial charge on any atom is -0.383 e. The van der Waals surface area contributed by atoms with Crippen molar-refractivity contribution in [1.29, 1.82) is 0 Å². The normalized spacial score (nSPS) is 29.1. The molecule has 6 heteroatoms. The van der Waals surface area contributed by atoms with E-state index in [0.717, 1.165) is 24.9 Å². The third kappa shape index (κ3) is 3.17. The maximum absolute atomic E-state index is 13.8. The lowest BCUT2D eigenvalue weighted by molar-refractivity contribution is -0.136. The minimum atomic E-state index is -4.39. The highest BCUT2D eigenvalue weighted by atomic mass is 19.4. The molecule has 0 saturated carbocycles. The van der Waals surface area contributed by atoms with Crippen LogP contribution in [0.15, 0.2) is 12.1 Å². The van der Waals surface area contributed by atoms with Crippen LogP contribution in [0.1, 0.15) is 58.6 Å².